The summed E-state index contributed by atoms with van der Waals surface area (Å²) in [5.41, 5.74) is 1.98. The number of phenols is 1. The van der Waals surface area contributed by atoms with Crippen LogP contribution in [0, 0.1) is 0 Å². The largest absolute Gasteiger partial charge is 0.506 e. The summed E-state index contributed by atoms with van der Waals surface area (Å²) in [4.78, 5) is 12.6. The number of rotatable bonds is 7. The van der Waals surface area contributed by atoms with Gasteiger partial charge in [-0.3, -0.25) is 0 Å². The van der Waals surface area contributed by atoms with Crippen molar-refractivity contribution in [3.8, 4) is 17.2 Å². The van der Waals surface area contributed by atoms with Crippen LogP contribution in [0.15, 0.2) is 54.6 Å². The zero-order valence-corrected chi connectivity index (χ0v) is 14.7. The highest BCUT2D eigenvalue weighted by molar-refractivity contribution is 5.86. The Labute approximate surface area is 155 Å². The fraction of sp³-hybridized carbons (Fsp3) is 0.211. The van der Waals surface area contributed by atoms with Crippen molar-refractivity contribution in [2.75, 3.05) is 13.2 Å². The van der Waals surface area contributed by atoms with Crippen LogP contribution < -0.4 is 4.74 Å². The highest BCUT2D eigenvalue weighted by atomic mass is 16.5. The molecule has 140 valence electrons. The maximum Gasteiger partial charge on any atom is 0.333 e. The molecule has 2 N–H and O–H groups in total. The summed E-state index contributed by atoms with van der Waals surface area (Å²) in [6, 6.07) is 11.9. The molecule has 0 amide bonds. The summed E-state index contributed by atoms with van der Waals surface area (Å²) in [5, 5.41) is 28.6. The predicted octanol–water partition coefficient (Wildman–Crippen LogP) is 1.99. The molecule has 27 heavy (non-hydrogen) atoms. The number of benzene rings is 2. The second-order valence-electron chi connectivity index (χ2n) is 5.97. The Morgan fingerprint density at radius 3 is 2.48 bits per heavy atom. The zero-order valence-electron chi connectivity index (χ0n) is 14.7. The second kappa shape index (κ2) is 7.88. The Morgan fingerprint density at radius 2 is 1.85 bits per heavy atom. The third-order valence-corrected chi connectivity index (χ3v) is 3.65. The molecule has 8 heteroatoms. The molecule has 0 aliphatic carbocycles. The number of ether oxygens (including phenoxy) is 2. The van der Waals surface area contributed by atoms with Crippen molar-refractivity contribution in [1.82, 2.24) is 15.0 Å². The molecule has 0 aliphatic rings. The van der Waals surface area contributed by atoms with Crippen molar-refractivity contribution in [2.24, 2.45) is 0 Å². The summed E-state index contributed by atoms with van der Waals surface area (Å²) in [5.74, 6) is -0.189. The fourth-order valence-electron chi connectivity index (χ4n) is 2.26. The fourth-order valence-corrected chi connectivity index (χ4v) is 2.26. The number of phenolic OH excluding ortho intramolecular Hbond substituents is 1. The van der Waals surface area contributed by atoms with E-state index in [-0.39, 0.29) is 24.5 Å². The normalized spacial score (nSPS) is 11.9. The number of aliphatic hydroxyl groups is 1. The number of aromatic nitrogens is 3. The lowest BCUT2D eigenvalue weighted by molar-refractivity contribution is -0.142. The van der Waals surface area contributed by atoms with Gasteiger partial charge in [0.25, 0.3) is 0 Å². The minimum atomic E-state index is -1.00. The van der Waals surface area contributed by atoms with E-state index in [4.69, 9.17) is 9.47 Å². The standard InChI is InChI=1S/C19H19N3O5/c1-12(2)19(25)27-11-13(23)10-26-14-7-8-18(24)17(9-14)22-20-15-5-3-4-6-16(15)21-22/h3-9,13,23-24H,1,10-11H2,2H3. The lowest BCUT2D eigenvalue weighted by Crippen LogP contribution is -2.25. The quantitative estimate of drug-likeness (QED) is 0.484. The monoisotopic (exact) mass is 369 g/mol. The molecule has 0 saturated carbocycles. The van der Waals surface area contributed by atoms with Crippen molar-refractivity contribution in [2.45, 2.75) is 13.0 Å². The van der Waals surface area contributed by atoms with E-state index in [1.807, 2.05) is 24.3 Å². The first kappa shape index (κ1) is 18.4. The van der Waals surface area contributed by atoms with Crippen LogP contribution in [0.3, 0.4) is 0 Å². The van der Waals surface area contributed by atoms with E-state index in [9.17, 15) is 15.0 Å². The molecule has 0 fully saturated rings. The molecule has 2 aromatic carbocycles. The van der Waals surface area contributed by atoms with Gasteiger partial charge in [0.1, 0.15) is 47.5 Å². The first-order valence-electron chi connectivity index (χ1n) is 8.23. The van der Waals surface area contributed by atoms with E-state index < -0.39 is 12.1 Å². The number of nitrogens with zero attached hydrogens (tertiary/aromatic N) is 3. The number of esters is 1. The highest BCUT2D eigenvalue weighted by Crippen LogP contribution is 2.26. The molecule has 0 bridgehead atoms. The number of hydrogen-bond acceptors (Lipinski definition) is 7. The van der Waals surface area contributed by atoms with Gasteiger partial charge in [-0.2, -0.15) is 0 Å². The third-order valence-electron chi connectivity index (χ3n) is 3.65. The molecule has 1 unspecified atom stereocenters. The molecule has 8 nitrogen and oxygen atoms in total. The maximum absolute atomic E-state index is 11.3. The van der Waals surface area contributed by atoms with Gasteiger partial charge >= 0.3 is 5.97 Å². The van der Waals surface area contributed by atoms with Crippen LogP contribution in [0.1, 0.15) is 6.92 Å². The molecule has 0 saturated heterocycles. The van der Waals surface area contributed by atoms with Crippen LogP contribution in [0.25, 0.3) is 16.7 Å². The minimum Gasteiger partial charge on any atom is -0.506 e. The van der Waals surface area contributed by atoms with Crippen molar-refractivity contribution >= 4 is 17.0 Å². The first-order valence-corrected chi connectivity index (χ1v) is 8.23. The van der Waals surface area contributed by atoms with E-state index in [1.54, 1.807) is 12.1 Å². The SMILES string of the molecule is C=C(C)C(=O)OCC(O)COc1ccc(O)c(-n2nc3ccccc3n2)c1. The van der Waals surface area contributed by atoms with Crippen LogP contribution in [-0.4, -0.2) is 50.5 Å². The van der Waals surface area contributed by atoms with E-state index in [1.165, 1.54) is 17.8 Å². The molecule has 0 spiro atoms. The maximum atomic E-state index is 11.3. The summed E-state index contributed by atoms with van der Waals surface area (Å²) in [7, 11) is 0. The topological polar surface area (TPSA) is 107 Å². The summed E-state index contributed by atoms with van der Waals surface area (Å²) >= 11 is 0. The molecular formula is C19H19N3O5. The number of aromatic hydroxyl groups is 1. The van der Waals surface area contributed by atoms with E-state index >= 15 is 0 Å². The molecule has 1 aromatic heterocycles. The van der Waals surface area contributed by atoms with Crippen LogP contribution in [0.5, 0.6) is 11.5 Å². The summed E-state index contributed by atoms with van der Waals surface area (Å²) in [6.07, 6.45) is -1.00. The van der Waals surface area contributed by atoms with Gasteiger partial charge in [-0.15, -0.1) is 15.0 Å². The molecule has 3 aromatic rings. The number of carbonyl (C=O) groups is 1. The minimum absolute atomic E-state index is 0.0152. The lowest BCUT2D eigenvalue weighted by atomic mass is 10.3. The van der Waals surface area contributed by atoms with Crippen LogP contribution in [0.2, 0.25) is 0 Å². The van der Waals surface area contributed by atoms with E-state index in [0.29, 0.717) is 22.5 Å². The number of aliphatic hydroxyl groups excluding tert-OH is 1. The first-order chi connectivity index (χ1) is 12.9. The molecule has 1 atom stereocenters. The van der Waals surface area contributed by atoms with Gasteiger partial charge in [-0.05, 0) is 31.2 Å². The predicted molar refractivity (Wildman–Crippen MR) is 97.8 cm³/mol. The average molecular weight is 369 g/mol. The summed E-state index contributed by atoms with van der Waals surface area (Å²) < 4.78 is 10.4. The van der Waals surface area contributed by atoms with Gasteiger partial charge in [-0.25, -0.2) is 4.79 Å². The zero-order chi connectivity index (χ0) is 19.4. The van der Waals surface area contributed by atoms with Crippen molar-refractivity contribution in [3.05, 3.63) is 54.6 Å². The van der Waals surface area contributed by atoms with E-state index in [2.05, 4.69) is 16.8 Å². The smallest absolute Gasteiger partial charge is 0.333 e. The van der Waals surface area contributed by atoms with E-state index in [0.717, 1.165) is 0 Å². The Morgan fingerprint density at radius 1 is 1.19 bits per heavy atom. The van der Waals surface area contributed by atoms with Crippen LogP contribution in [0.4, 0.5) is 0 Å². The molecule has 0 radical (unpaired) electrons. The van der Waals surface area contributed by atoms with Crippen molar-refractivity contribution < 1.29 is 24.5 Å². The Kier molecular flexibility index (Phi) is 5.37. The van der Waals surface area contributed by atoms with Crippen LogP contribution >= 0.6 is 0 Å². The number of fused-ring (bicyclic) bond motifs is 1. The van der Waals surface area contributed by atoms with Gasteiger partial charge in [0, 0.05) is 11.6 Å². The van der Waals surface area contributed by atoms with Gasteiger partial charge < -0.3 is 19.7 Å². The second-order valence-corrected chi connectivity index (χ2v) is 5.97. The van der Waals surface area contributed by atoms with Gasteiger partial charge in [0.05, 0.1) is 0 Å². The molecule has 3 rings (SSSR count). The average Bonchev–Trinajstić information content (AvgIpc) is 3.09. The Bertz CT molecular complexity index is 949. The van der Waals surface area contributed by atoms with Gasteiger partial charge in [0.2, 0.25) is 0 Å². The Balaban J connectivity index is 1.68. The number of hydrogen-bond donors (Lipinski definition) is 2. The van der Waals surface area contributed by atoms with Gasteiger partial charge in [-0.1, -0.05) is 18.7 Å². The third kappa shape index (κ3) is 4.42. The molecule has 1 heterocycles. The molecular weight excluding hydrogens is 350 g/mol. The highest BCUT2D eigenvalue weighted by Gasteiger charge is 2.13. The van der Waals surface area contributed by atoms with Crippen LogP contribution in [-0.2, 0) is 9.53 Å². The lowest BCUT2D eigenvalue weighted by Gasteiger charge is -2.13. The van der Waals surface area contributed by atoms with Crippen molar-refractivity contribution in [1.29, 1.82) is 0 Å². The summed E-state index contributed by atoms with van der Waals surface area (Å²) in [6.45, 7) is 4.69. The Hall–Kier alpha value is -3.39. The van der Waals surface area contributed by atoms with Gasteiger partial charge in [0.15, 0.2) is 0 Å². The molecule has 0 aliphatic heterocycles. The number of carbonyl (C=O) groups excluding carboxylic acids is 1. The van der Waals surface area contributed by atoms with Crippen molar-refractivity contribution in [3.63, 3.8) is 0 Å².